The van der Waals surface area contributed by atoms with Crippen molar-refractivity contribution in [3.63, 3.8) is 0 Å². The molecule has 104 valence electrons. The first-order valence-electron chi connectivity index (χ1n) is 6.61. The molecule has 5 heteroatoms. The summed E-state index contributed by atoms with van der Waals surface area (Å²) in [6.07, 6.45) is 6.74. The van der Waals surface area contributed by atoms with E-state index in [1.54, 1.807) is 30.9 Å². The maximum atomic E-state index is 12.3. The number of hydrogen-bond acceptors (Lipinski definition) is 4. The molecular weight excluding hydrogens is 252 g/mol. The average molecular weight is 270 g/mol. The fourth-order valence-corrected chi connectivity index (χ4v) is 1.91. The van der Waals surface area contributed by atoms with E-state index in [0.717, 1.165) is 17.8 Å². The lowest BCUT2D eigenvalue weighted by Gasteiger charge is -2.15. The largest absolute Gasteiger partial charge is 0.383 e. The summed E-state index contributed by atoms with van der Waals surface area (Å²) in [7, 11) is 0. The normalized spacial score (nSPS) is 11.7. The molecule has 0 saturated carbocycles. The second kappa shape index (κ2) is 6.65. The Morgan fingerprint density at radius 1 is 1.25 bits per heavy atom. The minimum absolute atomic E-state index is 0.0983. The van der Waals surface area contributed by atoms with Crippen molar-refractivity contribution in [3.05, 3.63) is 54.1 Å². The number of hydrogen-bond donors (Lipinski definition) is 2. The monoisotopic (exact) mass is 270 g/mol. The van der Waals surface area contributed by atoms with Crippen molar-refractivity contribution < 1.29 is 4.79 Å². The van der Waals surface area contributed by atoms with Gasteiger partial charge in [-0.15, -0.1) is 0 Å². The number of carbonyl (C=O) groups excluding carboxylic acids is 1. The molecule has 1 amide bonds. The van der Waals surface area contributed by atoms with Crippen LogP contribution in [0.5, 0.6) is 0 Å². The quantitative estimate of drug-likeness (QED) is 0.875. The Kier molecular flexibility index (Phi) is 4.65. The van der Waals surface area contributed by atoms with E-state index in [4.69, 9.17) is 0 Å². The van der Waals surface area contributed by atoms with Crippen LogP contribution in [0.25, 0.3) is 0 Å². The van der Waals surface area contributed by atoms with Crippen molar-refractivity contribution in [2.45, 2.75) is 19.9 Å². The van der Waals surface area contributed by atoms with Crippen molar-refractivity contribution in [2.75, 3.05) is 11.9 Å². The van der Waals surface area contributed by atoms with Gasteiger partial charge in [-0.05, 0) is 31.5 Å². The molecule has 0 aromatic carbocycles. The number of carbonyl (C=O) groups is 1. The van der Waals surface area contributed by atoms with E-state index in [1.165, 1.54) is 0 Å². The summed E-state index contributed by atoms with van der Waals surface area (Å²) in [6.45, 7) is 4.65. The average Bonchev–Trinajstić information content (AvgIpc) is 2.49. The fourth-order valence-electron chi connectivity index (χ4n) is 1.91. The Labute approximate surface area is 118 Å². The van der Waals surface area contributed by atoms with Crippen molar-refractivity contribution in [1.82, 2.24) is 15.3 Å². The highest BCUT2D eigenvalue weighted by molar-refractivity contribution is 5.99. The zero-order valence-electron chi connectivity index (χ0n) is 11.6. The Morgan fingerprint density at radius 3 is 2.75 bits per heavy atom. The highest BCUT2D eigenvalue weighted by Gasteiger charge is 2.14. The Bertz CT molecular complexity index is 571. The third-order valence-corrected chi connectivity index (χ3v) is 2.96. The third kappa shape index (κ3) is 3.32. The van der Waals surface area contributed by atoms with Gasteiger partial charge in [-0.2, -0.15) is 0 Å². The topological polar surface area (TPSA) is 66.9 Å². The van der Waals surface area contributed by atoms with E-state index < -0.39 is 0 Å². The third-order valence-electron chi connectivity index (χ3n) is 2.96. The van der Waals surface area contributed by atoms with Crippen LogP contribution in [0, 0.1) is 0 Å². The molecule has 2 N–H and O–H groups in total. The second-order valence-electron chi connectivity index (χ2n) is 4.43. The van der Waals surface area contributed by atoms with Gasteiger partial charge < -0.3 is 10.6 Å². The van der Waals surface area contributed by atoms with Gasteiger partial charge in [0.1, 0.15) is 0 Å². The predicted octanol–water partition coefficient (Wildman–Crippen LogP) is 2.40. The summed E-state index contributed by atoms with van der Waals surface area (Å²) in [6, 6.07) is 5.41. The van der Waals surface area contributed by atoms with Gasteiger partial charge in [0, 0.05) is 25.1 Å². The first-order chi connectivity index (χ1) is 9.72. The number of rotatable bonds is 5. The van der Waals surface area contributed by atoms with Gasteiger partial charge in [-0.3, -0.25) is 14.8 Å². The van der Waals surface area contributed by atoms with E-state index in [0.29, 0.717) is 5.56 Å². The SMILES string of the molecule is CCNc1cnccc1C(=O)NC(C)c1cccnc1. The summed E-state index contributed by atoms with van der Waals surface area (Å²) in [5, 5.41) is 6.10. The molecule has 0 radical (unpaired) electrons. The molecule has 2 heterocycles. The summed E-state index contributed by atoms with van der Waals surface area (Å²) < 4.78 is 0. The molecule has 1 atom stereocenters. The number of amides is 1. The number of nitrogens with zero attached hydrogens (tertiary/aromatic N) is 2. The molecular formula is C15H18N4O. The van der Waals surface area contributed by atoms with Crippen LogP contribution in [0.15, 0.2) is 43.0 Å². The molecule has 0 saturated heterocycles. The van der Waals surface area contributed by atoms with Gasteiger partial charge in [0.2, 0.25) is 0 Å². The van der Waals surface area contributed by atoms with Gasteiger partial charge in [-0.25, -0.2) is 0 Å². The maximum absolute atomic E-state index is 12.3. The molecule has 0 aliphatic heterocycles. The molecule has 0 aliphatic rings. The lowest BCUT2D eigenvalue weighted by atomic mass is 10.1. The Morgan fingerprint density at radius 2 is 2.05 bits per heavy atom. The van der Waals surface area contributed by atoms with Crippen LogP contribution >= 0.6 is 0 Å². The van der Waals surface area contributed by atoms with Gasteiger partial charge in [-0.1, -0.05) is 6.07 Å². The number of nitrogens with one attached hydrogen (secondary N) is 2. The minimum atomic E-state index is -0.125. The summed E-state index contributed by atoms with van der Waals surface area (Å²) >= 11 is 0. The predicted molar refractivity (Wildman–Crippen MR) is 78.5 cm³/mol. The molecule has 1 unspecified atom stereocenters. The van der Waals surface area contributed by atoms with Crippen molar-refractivity contribution in [1.29, 1.82) is 0 Å². The molecule has 0 fully saturated rings. The number of pyridine rings is 2. The van der Waals surface area contributed by atoms with Crippen LogP contribution in [-0.2, 0) is 0 Å². The number of anilines is 1. The number of aromatic nitrogens is 2. The van der Waals surface area contributed by atoms with Gasteiger partial charge >= 0.3 is 0 Å². The minimum Gasteiger partial charge on any atom is -0.383 e. The van der Waals surface area contributed by atoms with Gasteiger partial charge in [0.15, 0.2) is 0 Å². The highest BCUT2D eigenvalue weighted by atomic mass is 16.1. The first kappa shape index (κ1) is 14.0. The van der Waals surface area contributed by atoms with Crippen LogP contribution in [-0.4, -0.2) is 22.4 Å². The fraction of sp³-hybridized carbons (Fsp3) is 0.267. The molecule has 2 aromatic rings. The molecule has 20 heavy (non-hydrogen) atoms. The summed E-state index contributed by atoms with van der Waals surface area (Å²) in [5.41, 5.74) is 2.31. The Balaban J connectivity index is 2.12. The molecule has 0 aliphatic carbocycles. The molecule has 0 bridgehead atoms. The summed E-state index contributed by atoms with van der Waals surface area (Å²) in [4.78, 5) is 20.4. The molecule has 5 nitrogen and oxygen atoms in total. The van der Waals surface area contributed by atoms with E-state index in [9.17, 15) is 4.79 Å². The van der Waals surface area contributed by atoms with E-state index in [2.05, 4.69) is 20.6 Å². The molecule has 2 aromatic heterocycles. The van der Waals surface area contributed by atoms with Crippen LogP contribution < -0.4 is 10.6 Å². The lowest BCUT2D eigenvalue weighted by Crippen LogP contribution is -2.27. The van der Waals surface area contributed by atoms with Crippen molar-refractivity contribution in [3.8, 4) is 0 Å². The van der Waals surface area contributed by atoms with Crippen LogP contribution in [0.3, 0.4) is 0 Å². The zero-order chi connectivity index (χ0) is 14.4. The van der Waals surface area contributed by atoms with Crippen LogP contribution in [0.4, 0.5) is 5.69 Å². The van der Waals surface area contributed by atoms with Crippen LogP contribution in [0.2, 0.25) is 0 Å². The Hall–Kier alpha value is -2.43. The maximum Gasteiger partial charge on any atom is 0.253 e. The van der Waals surface area contributed by atoms with Crippen molar-refractivity contribution in [2.24, 2.45) is 0 Å². The lowest BCUT2D eigenvalue weighted by molar-refractivity contribution is 0.0940. The zero-order valence-corrected chi connectivity index (χ0v) is 11.6. The van der Waals surface area contributed by atoms with Gasteiger partial charge in [0.05, 0.1) is 23.5 Å². The standard InChI is InChI=1S/C15H18N4O/c1-3-18-14-10-17-8-6-13(14)15(20)19-11(2)12-5-4-7-16-9-12/h4-11,18H,3H2,1-2H3,(H,19,20). The smallest absolute Gasteiger partial charge is 0.253 e. The van der Waals surface area contributed by atoms with E-state index >= 15 is 0 Å². The van der Waals surface area contributed by atoms with E-state index in [-0.39, 0.29) is 11.9 Å². The highest BCUT2D eigenvalue weighted by Crippen LogP contribution is 2.16. The summed E-state index contributed by atoms with van der Waals surface area (Å²) in [5.74, 6) is -0.125. The van der Waals surface area contributed by atoms with Crippen molar-refractivity contribution >= 4 is 11.6 Å². The van der Waals surface area contributed by atoms with Crippen LogP contribution in [0.1, 0.15) is 35.8 Å². The molecule has 0 spiro atoms. The molecule has 2 rings (SSSR count). The van der Waals surface area contributed by atoms with Gasteiger partial charge in [0.25, 0.3) is 5.91 Å². The van der Waals surface area contributed by atoms with E-state index in [1.807, 2.05) is 26.0 Å². The second-order valence-corrected chi connectivity index (χ2v) is 4.43. The first-order valence-corrected chi connectivity index (χ1v) is 6.61.